The number of Topliss-reactive ketones (excluding diaryl/α,β-unsaturated/α-hetero) is 1. The second-order valence-electron chi connectivity index (χ2n) is 6.35. The number of fused-ring (bicyclic) bond motifs is 1. The monoisotopic (exact) mass is 274 g/mol. The van der Waals surface area contributed by atoms with Gasteiger partial charge in [0.1, 0.15) is 11.4 Å². The van der Waals surface area contributed by atoms with E-state index in [1.807, 2.05) is 30.3 Å². The minimum absolute atomic E-state index is 0.133. The number of ketones is 1. The number of benzene rings is 1. The molecule has 3 atom stereocenters. The fourth-order valence-corrected chi connectivity index (χ4v) is 4.20. The van der Waals surface area contributed by atoms with Gasteiger partial charge in [-0.15, -0.1) is 0 Å². The van der Waals surface area contributed by atoms with E-state index in [1.165, 1.54) is 0 Å². The predicted octanol–water partition coefficient (Wildman–Crippen LogP) is 2.24. The average molecular weight is 274 g/mol. The number of carbonyl (C=O) groups excluding carboxylic acids is 1. The second kappa shape index (κ2) is 4.97. The van der Waals surface area contributed by atoms with Crippen molar-refractivity contribution in [3.63, 3.8) is 0 Å². The van der Waals surface area contributed by atoms with Crippen LogP contribution in [0.3, 0.4) is 0 Å². The van der Waals surface area contributed by atoms with Crippen molar-refractivity contribution in [2.75, 3.05) is 0 Å². The molecule has 2 N–H and O–H groups in total. The Kier molecular flexibility index (Phi) is 3.43. The summed E-state index contributed by atoms with van der Waals surface area (Å²) in [6.07, 6.45) is 3.61. The topological polar surface area (TPSA) is 57.5 Å². The van der Waals surface area contributed by atoms with E-state index in [0.717, 1.165) is 12.0 Å². The Morgan fingerprint density at radius 2 is 1.90 bits per heavy atom. The SMILES string of the molecule is O=C1CCC[C@]2(O)[C@@H](O)CCC[C@]12Cc1ccccc1. The van der Waals surface area contributed by atoms with Gasteiger partial charge in [-0.1, -0.05) is 30.3 Å². The minimum Gasteiger partial charge on any atom is -0.390 e. The first-order valence-electron chi connectivity index (χ1n) is 7.56. The Bertz CT molecular complexity index is 498. The maximum Gasteiger partial charge on any atom is 0.142 e. The lowest BCUT2D eigenvalue weighted by Crippen LogP contribution is -2.65. The molecule has 0 amide bonds. The van der Waals surface area contributed by atoms with Gasteiger partial charge in [0.25, 0.3) is 0 Å². The lowest BCUT2D eigenvalue weighted by atomic mass is 9.53. The van der Waals surface area contributed by atoms with Crippen molar-refractivity contribution >= 4 is 5.78 Å². The summed E-state index contributed by atoms with van der Waals surface area (Å²) >= 11 is 0. The maximum absolute atomic E-state index is 12.6. The molecule has 20 heavy (non-hydrogen) atoms. The molecule has 0 bridgehead atoms. The Labute approximate surface area is 119 Å². The van der Waals surface area contributed by atoms with Crippen LogP contribution in [-0.2, 0) is 11.2 Å². The maximum atomic E-state index is 12.6. The summed E-state index contributed by atoms with van der Waals surface area (Å²) in [6.45, 7) is 0. The van der Waals surface area contributed by atoms with Gasteiger partial charge >= 0.3 is 0 Å². The zero-order chi connectivity index (χ0) is 14.2. The van der Waals surface area contributed by atoms with Gasteiger partial charge in [0.2, 0.25) is 0 Å². The van der Waals surface area contributed by atoms with E-state index in [1.54, 1.807) is 0 Å². The molecule has 2 aliphatic rings. The van der Waals surface area contributed by atoms with Gasteiger partial charge in [-0.2, -0.15) is 0 Å². The third-order valence-corrected chi connectivity index (χ3v) is 5.31. The molecule has 0 heterocycles. The first-order chi connectivity index (χ1) is 9.58. The van der Waals surface area contributed by atoms with Crippen LogP contribution >= 0.6 is 0 Å². The Hall–Kier alpha value is -1.19. The summed E-state index contributed by atoms with van der Waals surface area (Å²) < 4.78 is 0. The third-order valence-electron chi connectivity index (χ3n) is 5.31. The van der Waals surface area contributed by atoms with Gasteiger partial charge in [0, 0.05) is 6.42 Å². The molecule has 0 saturated heterocycles. The van der Waals surface area contributed by atoms with Gasteiger partial charge < -0.3 is 10.2 Å². The molecule has 3 rings (SSSR count). The molecule has 0 unspecified atom stereocenters. The highest BCUT2D eigenvalue weighted by molar-refractivity contribution is 5.87. The molecule has 0 aliphatic heterocycles. The van der Waals surface area contributed by atoms with Crippen LogP contribution < -0.4 is 0 Å². The first kappa shape index (κ1) is 13.8. The van der Waals surface area contributed by atoms with Crippen molar-refractivity contribution in [3.8, 4) is 0 Å². The molecule has 2 saturated carbocycles. The molecule has 3 heteroatoms. The summed E-state index contributed by atoms with van der Waals surface area (Å²) in [4.78, 5) is 12.6. The van der Waals surface area contributed by atoms with Crippen LogP contribution in [-0.4, -0.2) is 27.7 Å². The molecule has 2 fully saturated rings. The standard InChI is InChI=1S/C17H22O3/c18-14-8-5-11-17(20)15(19)9-4-10-16(14,17)12-13-6-2-1-3-7-13/h1-3,6-7,15,19-20H,4-5,8-12H2/t15-,16-,17-/m0/s1. The van der Waals surface area contributed by atoms with Crippen LogP contribution in [0.1, 0.15) is 44.1 Å². The lowest BCUT2D eigenvalue weighted by molar-refractivity contribution is -0.202. The van der Waals surface area contributed by atoms with Crippen molar-refractivity contribution < 1.29 is 15.0 Å². The van der Waals surface area contributed by atoms with Gasteiger partial charge in [-0.05, 0) is 44.1 Å². The normalized spacial score (nSPS) is 37.5. The van der Waals surface area contributed by atoms with E-state index in [9.17, 15) is 15.0 Å². The molecular weight excluding hydrogens is 252 g/mol. The largest absolute Gasteiger partial charge is 0.390 e. The van der Waals surface area contributed by atoms with Crippen molar-refractivity contribution in [2.24, 2.45) is 5.41 Å². The van der Waals surface area contributed by atoms with E-state index < -0.39 is 17.1 Å². The van der Waals surface area contributed by atoms with Crippen LogP contribution in [0.5, 0.6) is 0 Å². The fourth-order valence-electron chi connectivity index (χ4n) is 4.20. The van der Waals surface area contributed by atoms with Crippen LogP contribution in [0.2, 0.25) is 0 Å². The van der Waals surface area contributed by atoms with Gasteiger partial charge in [-0.3, -0.25) is 4.79 Å². The molecule has 0 aromatic heterocycles. The zero-order valence-electron chi connectivity index (χ0n) is 11.7. The highest BCUT2D eigenvalue weighted by Gasteiger charge is 2.61. The molecule has 3 nitrogen and oxygen atoms in total. The number of hydrogen-bond acceptors (Lipinski definition) is 3. The highest BCUT2D eigenvalue weighted by atomic mass is 16.3. The second-order valence-corrected chi connectivity index (χ2v) is 6.35. The third kappa shape index (κ3) is 1.92. The summed E-state index contributed by atoms with van der Waals surface area (Å²) in [5.41, 5.74) is -0.962. The van der Waals surface area contributed by atoms with E-state index in [4.69, 9.17) is 0 Å². The van der Waals surface area contributed by atoms with Crippen LogP contribution in [0.15, 0.2) is 30.3 Å². The first-order valence-corrected chi connectivity index (χ1v) is 7.56. The van der Waals surface area contributed by atoms with E-state index >= 15 is 0 Å². The van der Waals surface area contributed by atoms with Crippen LogP contribution in [0.25, 0.3) is 0 Å². The van der Waals surface area contributed by atoms with Crippen molar-refractivity contribution in [3.05, 3.63) is 35.9 Å². The van der Waals surface area contributed by atoms with Crippen LogP contribution in [0, 0.1) is 5.41 Å². The predicted molar refractivity (Wildman–Crippen MR) is 76.2 cm³/mol. The number of aliphatic hydroxyl groups excluding tert-OH is 1. The Morgan fingerprint density at radius 1 is 1.15 bits per heavy atom. The molecule has 0 radical (unpaired) electrons. The van der Waals surface area contributed by atoms with Gasteiger partial charge in [0.05, 0.1) is 11.5 Å². The fraction of sp³-hybridized carbons (Fsp3) is 0.588. The number of carbonyl (C=O) groups is 1. The lowest BCUT2D eigenvalue weighted by Gasteiger charge is -2.54. The Morgan fingerprint density at radius 3 is 2.65 bits per heavy atom. The molecule has 2 aliphatic carbocycles. The summed E-state index contributed by atoms with van der Waals surface area (Å²) in [5.74, 6) is 0.133. The van der Waals surface area contributed by atoms with Gasteiger partial charge in [0.15, 0.2) is 0 Å². The number of aliphatic hydroxyl groups is 2. The molecular formula is C17H22O3. The van der Waals surface area contributed by atoms with E-state index in [0.29, 0.717) is 38.5 Å². The number of hydrogen-bond donors (Lipinski definition) is 2. The molecule has 0 spiro atoms. The summed E-state index contributed by atoms with van der Waals surface area (Å²) in [6, 6.07) is 9.86. The highest BCUT2D eigenvalue weighted by Crippen LogP contribution is 2.53. The van der Waals surface area contributed by atoms with Crippen molar-refractivity contribution in [1.82, 2.24) is 0 Å². The van der Waals surface area contributed by atoms with Crippen LogP contribution in [0.4, 0.5) is 0 Å². The zero-order valence-corrected chi connectivity index (χ0v) is 11.7. The van der Waals surface area contributed by atoms with Crippen molar-refractivity contribution in [2.45, 2.75) is 56.7 Å². The van der Waals surface area contributed by atoms with Crippen molar-refractivity contribution in [1.29, 1.82) is 0 Å². The molecule has 1 aromatic carbocycles. The summed E-state index contributed by atoms with van der Waals surface area (Å²) in [5, 5.41) is 21.4. The molecule has 1 aromatic rings. The van der Waals surface area contributed by atoms with E-state index in [2.05, 4.69) is 0 Å². The van der Waals surface area contributed by atoms with Gasteiger partial charge in [-0.25, -0.2) is 0 Å². The van der Waals surface area contributed by atoms with E-state index in [-0.39, 0.29) is 5.78 Å². The quantitative estimate of drug-likeness (QED) is 0.869. The molecule has 108 valence electrons. The number of rotatable bonds is 2. The Balaban J connectivity index is 2.02. The average Bonchev–Trinajstić information content (AvgIpc) is 2.44. The summed E-state index contributed by atoms with van der Waals surface area (Å²) in [7, 11) is 0. The minimum atomic E-state index is -1.24. The smallest absolute Gasteiger partial charge is 0.142 e.